The first kappa shape index (κ1) is 12.4. The largest absolute Gasteiger partial charge is 0.376 e. The summed E-state index contributed by atoms with van der Waals surface area (Å²) >= 11 is 0. The number of carbonyl (C=O) groups is 1. The minimum atomic E-state index is -1.74. The van der Waals surface area contributed by atoms with Crippen LogP contribution in [0.2, 0.25) is 0 Å². The topological polar surface area (TPSA) is 55.4 Å². The Morgan fingerprint density at radius 3 is 2.31 bits per heavy atom. The molecule has 0 amide bonds. The van der Waals surface area contributed by atoms with E-state index in [4.69, 9.17) is 0 Å². The Morgan fingerprint density at radius 1 is 1.38 bits per heavy atom. The van der Waals surface area contributed by atoms with E-state index in [9.17, 15) is 9.90 Å². The molecule has 0 aliphatic carbocycles. The van der Waals surface area contributed by atoms with Gasteiger partial charge >= 0.3 is 5.97 Å². The maximum atomic E-state index is 11.0. The highest BCUT2D eigenvalue weighted by Crippen LogP contribution is 2.06. The van der Waals surface area contributed by atoms with Gasteiger partial charge in [0.1, 0.15) is 0 Å². The lowest BCUT2D eigenvalue weighted by Gasteiger charge is -2.11. The van der Waals surface area contributed by atoms with E-state index in [0.29, 0.717) is 12.5 Å². The third-order valence-corrected chi connectivity index (χ3v) is 1.40. The second-order valence-corrected chi connectivity index (χ2v) is 3.89. The fourth-order valence-electron chi connectivity index (χ4n) is 0.479. The van der Waals surface area contributed by atoms with E-state index in [1.165, 1.54) is 13.8 Å². The molecule has 1 radical (unpaired) electrons. The van der Waals surface area contributed by atoms with Crippen molar-refractivity contribution >= 4 is 5.97 Å². The maximum Gasteiger partial charge on any atom is 0.376 e. The lowest BCUT2D eigenvalue weighted by atomic mass is 10.1. The van der Waals surface area contributed by atoms with E-state index in [2.05, 4.69) is 9.78 Å². The van der Waals surface area contributed by atoms with E-state index in [0.717, 1.165) is 6.42 Å². The number of carbonyl (C=O) groups excluding carboxylic acids is 1. The zero-order valence-electron chi connectivity index (χ0n) is 8.62. The Labute approximate surface area is 78.8 Å². The van der Waals surface area contributed by atoms with Crippen LogP contribution >= 0.6 is 0 Å². The highest BCUT2D eigenvalue weighted by molar-refractivity contribution is 5.77. The summed E-state index contributed by atoms with van der Waals surface area (Å²) in [5.74, 6) is -0.393. The molecule has 77 valence electrons. The first-order valence-corrected chi connectivity index (χ1v) is 4.38. The molecule has 0 aromatic rings. The van der Waals surface area contributed by atoms with Crippen LogP contribution in [0, 0.1) is 5.92 Å². The summed E-state index contributed by atoms with van der Waals surface area (Å²) in [6, 6.07) is 0. The highest BCUT2D eigenvalue weighted by atomic mass is 17.2. The third-order valence-electron chi connectivity index (χ3n) is 1.40. The Kier molecular flexibility index (Phi) is 4.95. The van der Waals surface area contributed by atoms with E-state index >= 15 is 0 Å². The van der Waals surface area contributed by atoms with E-state index < -0.39 is 11.6 Å². The summed E-state index contributed by atoms with van der Waals surface area (Å²) in [4.78, 5) is 19.7. The zero-order chi connectivity index (χ0) is 10.5. The smallest absolute Gasteiger partial charge is 0.295 e. The standard InChI is InChI=1S/C9H17O4/c1-7(2)5-6-12-13-8(10)9(3,4)11/h7H,5-6H2,1-4H3. The molecule has 0 fully saturated rings. The van der Waals surface area contributed by atoms with Crippen LogP contribution < -0.4 is 0 Å². The molecule has 0 aliphatic rings. The van der Waals surface area contributed by atoms with Crippen molar-refractivity contribution in [2.45, 2.75) is 39.7 Å². The quantitative estimate of drug-likeness (QED) is 0.376. The molecule has 0 saturated carbocycles. The molecule has 0 spiro atoms. The first-order valence-electron chi connectivity index (χ1n) is 4.38. The van der Waals surface area contributed by atoms with Gasteiger partial charge in [-0.3, -0.25) is 4.89 Å². The SMILES string of the molecule is CC(C)CCOOC(=O)C(C)(C)[O]. The van der Waals surface area contributed by atoms with Crippen LogP contribution in [0.15, 0.2) is 0 Å². The molecule has 0 bridgehead atoms. The Bertz CT molecular complexity index is 157. The van der Waals surface area contributed by atoms with Crippen LogP contribution in [0.4, 0.5) is 0 Å². The van der Waals surface area contributed by atoms with Crippen LogP contribution in [0.1, 0.15) is 34.1 Å². The summed E-state index contributed by atoms with van der Waals surface area (Å²) in [5.41, 5.74) is -1.74. The second-order valence-electron chi connectivity index (χ2n) is 3.89. The molecule has 0 aliphatic heterocycles. The minimum Gasteiger partial charge on any atom is -0.295 e. The van der Waals surface area contributed by atoms with Gasteiger partial charge in [-0.05, 0) is 26.2 Å². The summed E-state index contributed by atoms with van der Waals surface area (Å²) in [6.07, 6.45) is 0.798. The molecule has 13 heavy (non-hydrogen) atoms. The maximum absolute atomic E-state index is 11.0. The van der Waals surface area contributed by atoms with Crippen molar-refractivity contribution in [2.75, 3.05) is 6.61 Å². The minimum absolute atomic E-state index is 0.333. The van der Waals surface area contributed by atoms with Crippen molar-refractivity contribution in [3.8, 4) is 0 Å². The van der Waals surface area contributed by atoms with Crippen molar-refractivity contribution in [2.24, 2.45) is 5.92 Å². The fourth-order valence-corrected chi connectivity index (χ4v) is 0.479. The van der Waals surface area contributed by atoms with Crippen molar-refractivity contribution in [1.82, 2.24) is 0 Å². The average molecular weight is 189 g/mol. The lowest BCUT2D eigenvalue weighted by molar-refractivity contribution is -0.287. The van der Waals surface area contributed by atoms with Crippen LogP contribution in [0.25, 0.3) is 0 Å². The van der Waals surface area contributed by atoms with Crippen molar-refractivity contribution in [3.05, 3.63) is 0 Å². The number of hydrogen-bond donors (Lipinski definition) is 0. The van der Waals surface area contributed by atoms with E-state index in [1.807, 2.05) is 13.8 Å². The predicted octanol–water partition coefficient (Wildman–Crippen LogP) is 1.72. The van der Waals surface area contributed by atoms with Crippen LogP contribution in [-0.2, 0) is 19.7 Å². The van der Waals surface area contributed by atoms with Gasteiger partial charge in [0.2, 0.25) is 0 Å². The Balaban J connectivity index is 3.49. The summed E-state index contributed by atoms with van der Waals surface area (Å²) in [5, 5.41) is 11.0. The fraction of sp³-hybridized carbons (Fsp3) is 0.889. The van der Waals surface area contributed by atoms with Crippen LogP contribution in [0.3, 0.4) is 0 Å². The first-order chi connectivity index (χ1) is 5.84. The molecule has 4 nitrogen and oxygen atoms in total. The predicted molar refractivity (Wildman–Crippen MR) is 46.3 cm³/mol. The Hall–Kier alpha value is -0.610. The van der Waals surface area contributed by atoms with Crippen molar-refractivity contribution in [3.63, 3.8) is 0 Å². The zero-order valence-corrected chi connectivity index (χ0v) is 8.62. The number of hydrogen-bond acceptors (Lipinski definition) is 3. The molecular weight excluding hydrogens is 172 g/mol. The van der Waals surface area contributed by atoms with Crippen molar-refractivity contribution in [1.29, 1.82) is 0 Å². The molecule has 0 saturated heterocycles. The number of rotatable bonds is 5. The van der Waals surface area contributed by atoms with Crippen molar-refractivity contribution < 1.29 is 19.7 Å². The molecule has 0 atom stereocenters. The Morgan fingerprint density at radius 2 is 1.92 bits per heavy atom. The van der Waals surface area contributed by atoms with Gasteiger partial charge in [-0.2, -0.15) is 4.89 Å². The second kappa shape index (κ2) is 5.19. The molecule has 0 unspecified atom stereocenters. The van der Waals surface area contributed by atoms with Gasteiger partial charge < -0.3 is 0 Å². The third kappa shape index (κ3) is 6.54. The molecular formula is C9H17O4. The summed E-state index contributed by atoms with van der Waals surface area (Å²) < 4.78 is 0. The normalized spacial score (nSPS) is 11.8. The summed E-state index contributed by atoms with van der Waals surface area (Å²) in [7, 11) is 0. The van der Waals surface area contributed by atoms with E-state index in [-0.39, 0.29) is 0 Å². The van der Waals surface area contributed by atoms with E-state index in [1.54, 1.807) is 0 Å². The van der Waals surface area contributed by atoms with Crippen LogP contribution in [-0.4, -0.2) is 18.2 Å². The molecule has 0 aromatic heterocycles. The average Bonchev–Trinajstić information content (AvgIpc) is 1.95. The van der Waals surface area contributed by atoms with Gasteiger partial charge in [0.15, 0.2) is 5.60 Å². The van der Waals surface area contributed by atoms with Gasteiger partial charge in [0.05, 0.1) is 6.61 Å². The highest BCUT2D eigenvalue weighted by Gasteiger charge is 2.29. The lowest BCUT2D eigenvalue weighted by Crippen LogP contribution is -2.31. The van der Waals surface area contributed by atoms with Crippen LogP contribution in [0.5, 0.6) is 0 Å². The van der Waals surface area contributed by atoms with Gasteiger partial charge in [-0.25, -0.2) is 9.90 Å². The van der Waals surface area contributed by atoms with Gasteiger partial charge in [-0.1, -0.05) is 13.8 Å². The van der Waals surface area contributed by atoms with Gasteiger partial charge in [0.25, 0.3) is 0 Å². The molecule has 0 rings (SSSR count). The summed E-state index contributed by atoms with van der Waals surface area (Å²) in [6.45, 7) is 6.87. The molecule has 0 N–H and O–H groups in total. The van der Waals surface area contributed by atoms with Gasteiger partial charge in [0, 0.05) is 0 Å². The molecule has 4 heteroatoms. The monoisotopic (exact) mass is 189 g/mol. The van der Waals surface area contributed by atoms with Gasteiger partial charge in [-0.15, -0.1) is 0 Å². The molecule has 0 heterocycles. The molecule has 0 aromatic carbocycles.